The van der Waals surface area contributed by atoms with E-state index in [0.717, 1.165) is 10.5 Å². The Hall–Kier alpha value is -2.37. The molecule has 1 heterocycles. The molecular weight excluding hydrogens is 282 g/mol. The average Bonchev–Trinajstić information content (AvgIpc) is 2.71. The Labute approximate surface area is 129 Å². The molecule has 4 amide bonds. The number of aryl methyl sites for hydroxylation is 1. The quantitative estimate of drug-likeness (QED) is 0.772. The zero-order chi connectivity index (χ0) is 16.2. The van der Waals surface area contributed by atoms with Crippen LogP contribution in [0.25, 0.3) is 0 Å². The summed E-state index contributed by atoms with van der Waals surface area (Å²) in [5.41, 5.74) is 0.146. The molecule has 1 aromatic carbocycles. The van der Waals surface area contributed by atoms with E-state index in [-0.39, 0.29) is 18.4 Å². The highest BCUT2D eigenvalue weighted by Gasteiger charge is 2.47. The largest absolute Gasteiger partial charge is 0.355 e. The number of rotatable bonds is 6. The fraction of sp³-hybridized carbons (Fsp3) is 0.438. The Kier molecular flexibility index (Phi) is 4.80. The molecule has 2 N–H and O–H groups in total. The first-order valence-electron chi connectivity index (χ1n) is 7.41. The van der Waals surface area contributed by atoms with Gasteiger partial charge in [-0.1, -0.05) is 30.3 Å². The fourth-order valence-corrected chi connectivity index (χ4v) is 2.50. The molecule has 1 saturated heterocycles. The molecule has 0 aliphatic carbocycles. The van der Waals surface area contributed by atoms with Crippen molar-refractivity contribution in [3.63, 3.8) is 0 Å². The second-order valence-electron chi connectivity index (χ2n) is 5.59. The lowest BCUT2D eigenvalue weighted by atomic mass is 9.93. The van der Waals surface area contributed by atoms with Crippen LogP contribution < -0.4 is 10.6 Å². The minimum Gasteiger partial charge on any atom is -0.355 e. The van der Waals surface area contributed by atoms with Gasteiger partial charge in [0.1, 0.15) is 12.1 Å². The predicted molar refractivity (Wildman–Crippen MR) is 82.1 cm³/mol. The summed E-state index contributed by atoms with van der Waals surface area (Å²) in [6, 6.07) is 9.27. The van der Waals surface area contributed by atoms with E-state index in [9.17, 15) is 14.4 Å². The smallest absolute Gasteiger partial charge is 0.325 e. The topological polar surface area (TPSA) is 78.5 Å². The maximum atomic E-state index is 12.5. The highest BCUT2D eigenvalue weighted by Crippen LogP contribution is 2.23. The first kappa shape index (κ1) is 16.0. The monoisotopic (exact) mass is 303 g/mol. The molecule has 2 rings (SSSR count). The third-order valence-electron chi connectivity index (χ3n) is 3.78. The summed E-state index contributed by atoms with van der Waals surface area (Å²) in [6.45, 7) is 3.72. The highest BCUT2D eigenvalue weighted by atomic mass is 16.2. The molecule has 0 aromatic heterocycles. The third kappa shape index (κ3) is 3.44. The van der Waals surface area contributed by atoms with Crippen molar-refractivity contribution in [3.8, 4) is 0 Å². The summed E-state index contributed by atoms with van der Waals surface area (Å²) in [5.74, 6) is -0.682. The van der Waals surface area contributed by atoms with Crippen LogP contribution in [0.4, 0.5) is 4.79 Å². The molecule has 0 bridgehead atoms. The van der Waals surface area contributed by atoms with E-state index in [2.05, 4.69) is 10.6 Å². The number of carbonyl (C=O) groups excluding carboxylic acids is 3. The van der Waals surface area contributed by atoms with Crippen molar-refractivity contribution in [3.05, 3.63) is 35.9 Å². The van der Waals surface area contributed by atoms with Crippen molar-refractivity contribution in [2.24, 2.45) is 0 Å². The van der Waals surface area contributed by atoms with Crippen molar-refractivity contribution >= 4 is 17.8 Å². The van der Waals surface area contributed by atoms with Gasteiger partial charge in [-0.05, 0) is 32.3 Å². The molecular formula is C16H21N3O3. The van der Waals surface area contributed by atoms with E-state index in [1.165, 1.54) is 0 Å². The van der Waals surface area contributed by atoms with Crippen LogP contribution in [0.15, 0.2) is 30.3 Å². The number of likely N-dealkylation sites (N-methyl/N-ethyl adjacent to an activating group) is 1. The molecule has 0 spiro atoms. The molecule has 1 aliphatic rings. The highest BCUT2D eigenvalue weighted by molar-refractivity contribution is 6.08. The molecule has 118 valence electrons. The van der Waals surface area contributed by atoms with Crippen LogP contribution in [0.1, 0.15) is 25.8 Å². The van der Waals surface area contributed by atoms with Crippen molar-refractivity contribution < 1.29 is 14.4 Å². The molecule has 1 aromatic rings. The maximum Gasteiger partial charge on any atom is 0.325 e. The van der Waals surface area contributed by atoms with Crippen LogP contribution in [-0.2, 0) is 16.0 Å². The maximum absolute atomic E-state index is 12.5. The summed E-state index contributed by atoms with van der Waals surface area (Å²) in [5, 5.41) is 5.29. The molecule has 0 unspecified atom stereocenters. The number of amides is 4. The summed E-state index contributed by atoms with van der Waals surface area (Å²) in [6.07, 6.45) is 1.17. The minimum absolute atomic E-state index is 0.237. The van der Waals surface area contributed by atoms with E-state index < -0.39 is 11.6 Å². The Bertz CT molecular complexity index is 573. The zero-order valence-electron chi connectivity index (χ0n) is 12.9. The van der Waals surface area contributed by atoms with Crippen LogP contribution in [0.5, 0.6) is 0 Å². The van der Waals surface area contributed by atoms with Gasteiger partial charge in [0, 0.05) is 6.54 Å². The van der Waals surface area contributed by atoms with Crippen LogP contribution in [0, 0.1) is 0 Å². The van der Waals surface area contributed by atoms with Gasteiger partial charge in [0.15, 0.2) is 0 Å². The molecule has 0 radical (unpaired) electrons. The van der Waals surface area contributed by atoms with Gasteiger partial charge in [-0.25, -0.2) is 4.79 Å². The summed E-state index contributed by atoms with van der Waals surface area (Å²) in [7, 11) is 0. The molecule has 1 aliphatic heterocycles. The molecule has 1 atom stereocenters. The van der Waals surface area contributed by atoms with Gasteiger partial charge in [-0.3, -0.25) is 14.5 Å². The van der Waals surface area contributed by atoms with Crippen LogP contribution in [0.3, 0.4) is 0 Å². The molecule has 6 heteroatoms. The standard InChI is InChI=1S/C16H21N3O3/c1-3-17-13(20)11-19-14(21)16(2,18-15(19)22)10-9-12-7-5-4-6-8-12/h4-8H,3,9-11H2,1-2H3,(H,17,20)(H,18,22)/t16-/m0/s1. The second-order valence-corrected chi connectivity index (χ2v) is 5.59. The average molecular weight is 303 g/mol. The Morgan fingerprint density at radius 3 is 2.59 bits per heavy atom. The van der Waals surface area contributed by atoms with Crippen molar-refractivity contribution in [2.45, 2.75) is 32.2 Å². The third-order valence-corrected chi connectivity index (χ3v) is 3.78. The molecule has 22 heavy (non-hydrogen) atoms. The predicted octanol–water partition coefficient (Wildman–Crippen LogP) is 1.07. The van der Waals surface area contributed by atoms with E-state index in [1.807, 2.05) is 30.3 Å². The lowest BCUT2D eigenvalue weighted by Gasteiger charge is -2.21. The number of carbonyl (C=O) groups is 3. The number of nitrogens with one attached hydrogen (secondary N) is 2. The van der Waals surface area contributed by atoms with Crippen LogP contribution in [0.2, 0.25) is 0 Å². The Balaban J connectivity index is 2.01. The van der Waals surface area contributed by atoms with E-state index >= 15 is 0 Å². The molecule has 0 saturated carbocycles. The first-order chi connectivity index (χ1) is 10.5. The van der Waals surface area contributed by atoms with Gasteiger partial charge in [0.25, 0.3) is 5.91 Å². The van der Waals surface area contributed by atoms with Crippen LogP contribution >= 0.6 is 0 Å². The number of benzene rings is 1. The van der Waals surface area contributed by atoms with Gasteiger partial charge in [-0.15, -0.1) is 0 Å². The first-order valence-corrected chi connectivity index (χ1v) is 7.41. The van der Waals surface area contributed by atoms with Gasteiger partial charge in [0.05, 0.1) is 0 Å². The van der Waals surface area contributed by atoms with Crippen molar-refractivity contribution in [1.82, 2.24) is 15.5 Å². The van der Waals surface area contributed by atoms with Crippen molar-refractivity contribution in [1.29, 1.82) is 0 Å². The number of urea groups is 1. The second kappa shape index (κ2) is 6.60. The van der Waals surface area contributed by atoms with E-state index in [4.69, 9.17) is 0 Å². The number of nitrogens with zero attached hydrogens (tertiary/aromatic N) is 1. The molecule has 1 fully saturated rings. The number of hydrogen-bond donors (Lipinski definition) is 2. The van der Waals surface area contributed by atoms with Crippen LogP contribution in [-0.4, -0.2) is 41.4 Å². The SMILES string of the molecule is CCNC(=O)CN1C(=O)N[C@@](C)(CCc2ccccc2)C1=O. The van der Waals surface area contributed by atoms with E-state index in [0.29, 0.717) is 19.4 Å². The van der Waals surface area contributed by atoms with Gasteiger partial charge >= 0.3 is 6.03 Å². The fourth-order valence-electron chi connectivity index (χ4n) is 2.50. The summed E-state index contributed by atoms with van der Waals surface area (Å²) < 4.78 is 0. The van der Waals surface area contributed by atoms with Gasteiger partial charge in [0.2, 0.25) is 5.91 Å². The van der Waals surface area contributed by atoms with Gasteiger partial charge < -0.3 is 10.6 Å². The summed E-state index contributed by atoms with van der Waals surface area (Å²) >= 11 is 0. The zero-order valence-corrected chi connectivity index (χ0v) is 12.9. The minimum atomic E-state index is -0.959. The summed E-state index contributed by atoms with van der Waals surface area (Å²) in [4.78, 5) is 37.0. The van der Waals surface area contributed by atoms with E-state index in [1.54, 1.807) is 13.8 Å². The number of imide groups is 1. The Morgan fingerprint density at radius 1 is 1.27 bits per heavy atom. The normalized spacial score (nSPS) is 20.9. The van der Waals surface area contributed by atoms with Gasteiger partial charge in [-0.2, -0.15) is 0 Å². The molecule has 6 nitrogen and oxygen atoms in total. The number of hydrogen-bond acceptors (Lipinski definition) is 3. The van der Waals surface area contributed by atoms with Crippen molar-refractivity contribution in [2.75, 3.05) is 13.1 Å². The lowest BCUT2D eigenvalue weighted by Crippen LogP contribution is -2.45. The Morgan fingerprint density at radius 2 is 1.95 bits per heavy atom. The lowest BCUT2D eigenvalue weighted by molar-refractivity contribution is -0.134.